The van der Waals surface area contributed by atoms with E-state index in [4.69, 9.17) is 4.74 Å². The summed E-state index contributed by atoms with van der Waals surface area (Å²) in [6, 6.07) is 0. The standard InChI is InChI=1S/C18H20O/c1-14(2)16-11-8-12-17(18(13-16)19-3)15-9-6-4-5-7-10-15/h4-14H,1-3H3. The molecule has 2 aliphatic carbocycles. The lowest BCUT2D eigenvalue weighted by Gasteiger charge is -2.11. The van der Waals surface area contributed by atoms with Crippen LogP contribution in [-0.4, -0.2) is 7.11 Å². The number of allylic oxidation sites excluding steroid dienone is 12. The van der Waals surface area contributed by atoms with Gasteiger partial charge in [-0.1, -0.05) is 68.5 Å². The van der Waals surface area contributed by atoms with Crippen LogP contribution in [0.15, 0.2) is 83.2 Å². The molecule has 1 heteroatoms. The Labute approximate surface area is 115 Å². The Kier molecular flexibility index (Phi) is 4.40. The van der Waals surface area contributed by atoms with E-state index >= 15 is 0 Å². The van der Waals surface area contributed by atoms with Gasteiger partial charge in [-0.15, -0.1) is 0 Å². The lowest BCUT2D eigenvalue weighted by atomic mass is 10.0. The summed E-state index contributed by atoms with van der Waals surface area (Å²) in [5.41, 5.74) is 3.56. The molecule has 0 bridgehead atoms. The van der Waals surface area contributed by atoms with E-state index in [-0.39, 0.29) is 0 Å². The van der Waals surface area contributed by atoms with Gasteiger partial charge in [0.2, 0.25) is 0 Å². The van der Waals surface area contributed by atoms with Gasteiger partial charge < -0.3 is 4.74 Å². The second-order valence-corrected chi connectivity index (χ2v) is 4.87. The topological polar surface area (TPSA) is 9.23 Å². The number of methoxy groups -OCH3 is 1. The van der Waals surface area contributed by atoms with Crippen LogP contribution in [0.25, 0.3) is 0 Å². The van der Waals surface area contributed by atoms with Gasteiger partial charge in [0.25, 0.3) is 0 Å². The Morgan fingerprint density at radius 3 is 2.16 bits per heavy atom. The van der Waals surface area contributed by atoms with E-state index < -0.39 is 0 Å². The molecule has 0 fully saturated rings. The highest BCUT2D eigenvalue weighted by Crippen LogP contribution is 2.26. The van der Waals surface area contributed by atoms with Crippen LogP contribution in [0.4, 0.5) is 0 Å². The zero-order valence-electron chi connectivity index (χ0n) is 11.8. The van der Waals surface area contributed by atoms with Crippen molar-refractivity contribution in [2.75, 3.05) is 7.11 Å². The van der Waals surface area contributed by atoms with Crippen molar-refractivity contribution in [3.05, 3.63) is 83.2 Å². The third-order valence-electron chi connectivity index (χ3n) is 3.20. The molecule has 0 aromatic carbocycles. The lowest BCUT2D eigenvalue weighted by molar-refractivity contribution is 0.302. The van der Waals surface area contributed by atoms with Crippen molar-refractivity contribution >= 4 is 0 Å². The van der Waals surface area contributed by atoms with Crippen molar-refractivity contribution in [2.24, 2.45) is 5.92 Å². The fraction of sp³-hybridized carbons (Fsp3) is 0.222. The minimum Gasteiger partial charge on any atom is -0.496 e. The highest BCUT2D eigenvalue weighted by Gasteiger charge is 2.11. The van der Waals surface area contributed by atoms with Gasteiger partial charge in [0.1, 0.15) is 5.76 Å². The first-order valence-electron chi connectivity index (χ1n) is 6.62. The van der Waals surface area contributed by atoms with Crippen molar-refractivity contribution < 1.29 is 4.74 Å². The monoisotopic (exact) mass is 252 g/mol. The fourth-order valence-corrected chi connectivity index (χ4v) is 2.06. The summed E-state index contributed by atoms with van der Waals surface area (Å²) in [4.78, 5) is 0. The first-order chi connectivity index (χ1) is 9.22. The van der Waals surface area contributed by atoms with E-state index in [9.17, 15) is 0 Å². The van der Waals surface area contributed by atoms with E-state index in [0.29, 0.717) is 5.92 Å². The van der Waals surface area contributed by atoms with Crippen LogP contribution < -0.4 is 0 Å². The first kappa shape index (κ1) is 13.4. The van der Waals surface area contributed by atoms with Gasteiger partial charge in [-0.05, 0) is 23.1 Å². The molecular formula is C18H20O. The van der Waals surface area contributed by atoms with E-state index in [1.165, 1.54) is 5.57 Å². The average molecular weight is 252 g/mol. The van der Waals surface area contributed by atoms with E-state index in [0.717, 1.165) is 16.9 Å². The Hall–Kier alpha value is -2.02. The quantitative estimate of drug-likeness (QED) is 0.695. The summed E-state index contributed by atoms with van der Waals surface area (Å²) in [5.74, 6) is 1.40. The molecule has 0 saturated carbocycles. The molecule has 0 amide bonds. The van der Waals surface area contributed by atoms with Crippen LogP contribution in [0.2, 0.25) is 0 Å². The number of hydrogen-bond donors (Lipinski definition) is 0. The largest absolute Gasteiger partial charge is 0.496 e. The van der Waals surface area contributed by atoms with E-state index in [1.54, 1.807) is 7.11 Å². The van der Waals surface area contributed by atoms with Gasteiger partial charge in [0, 0.05) is 5.57 Å². The molecule has 0 aliphatic heterocycles. The molecule has 19 heavy (non-hydrogen) atoms. The maximum absolute atomic E-state index is 5.58. The summed E-state index contributed by atoms with van der Waals surface area (Å²) >= 11 is 0. The molecule has 98 valence electrons. The highest BCUT2D eigenvalue weighted by atomic mass is 16.5. The van der Waals surface area contributed by atoms with Crippen molar-refractivity contribution in [2.45, 2.75) is 13.8 Å². The third-order valence-corrected chi connectivity index (χ3v) is 3.20. The smallest absolute Gasteiger partial charge is 0.126 e. The molecule has 0 spiro atoms. The molecule has 0 N–H and O–H groups in total. The van der Waals surface area contributed by atoms with Crippen molar-refractivity contribution in [3.63, 3.8) is 0 Å². The molecule has 0 aromatic rings. The van der Waals surface area contributed by atoms with Crippen LogP contribution in [0, 0.1) is 5.92 Å². The second-order valence-electron chi connectivity index (χ2n) is 4.87. The van der Waals surface area contributed by atoms with E-state index in [1.807, 2.05) is 24.3 Å². The molecular weight excluding hydrogens is 232 g/mol. The molecule has 0 saturated heterocycles. The van der Waals surface area contributed by atoms with Crippen molar-refractivity contribution in [1.82, 2.24) is 0 Å². The normalized spacial score (nSPS) is 18.3. The molecule has 1 nitrogen and oxygen atoms in total. The highest BCUT2D eigenvalue weighted by molar-refractivity contribution is 5.55. The second kappa shape index (κ2) is 6.24. The summed E-state index contributed by atoms with van der Waals surface area (Å²) in [6.07, 6.45) is 20.8. The predicted octanol–water partition coefficient (Wildman–Crippen LogP) is 4.65. The molecule has 0 radical (unpaired) electrons. The third kappa shape index (κ3) is 3.25. The van der Waals surface area contributed by atoms with Crippen LogP contribution in [-0.2, 0) is 4.74 Å². The van der Waals surface area contributed by atoms with Crippen molar-refractivity contribution in [3.8, 4) is 0 Å². The summed E-state index contributed by atoms with van der Waals surface area (Å²) in [5, 5.41) is 0. The van der Waals surface area contributed by atoms with Gasteiger partial charge >= 0.3 is 0 Å². The Balaban J connectivity index is 2.48. The maximum Gasteiger partial charge on any atom is 0.126 e. The Morgan fingerprint density at radius 1 is 0.895 bits per heavy atom. The molecule has 0 atom stereocenters. The maximum atomic E-state index is 5.58. The van der Waals surface area contributed by atoms with Gasteiger partial charge in [0.05, 0.1) is 7.11 Å². The molecule has 0 aromatic heterocycles. The first-order valence-corrected chi connectivity index (χ1v) is 6.62. The summed E-state index contributed by atoms with van der Waals surface area (Å²) in [7, 11) is 1.73. The average Bonchev–Trinajstić information content (AvgIpc) is 2.78. The SMILES string of the molecule is COC1=CC(C(C)C)=CC=CC1=C1C=CC=CC=C1. The van der Waals surface area contributed by atoms with Crippen LogP contribution in [0.3, 0.4) is 0 Å². The minimum absolute atomic E-state index is 0.487. The number of hydrogen-bond acceptors (Lipinski definition) is 1. The molecule has 0 unspecified atom stereocenters. The van der Waals surface area contributed by atoms with E-state index in [2.05, 4.69) is 50.3 Å². The van der Waals surface area contributed by atoms with Gasteiger partial charge in [-0.3, -0.25) is 0 Å². The Morgan fingerprint density at radius 2 is 1.58 bits per heavy atom. The fourth-order valence-electron chi connectivity index (χ4n) is 2.06. The Bertz CT molecular complexity index is 528. The molecule has 0 heterocycles. The zero-order chi connectivity index (χ0) is 13.7. The minimum atomic E-state index is 0.487. The van der Waals surface area contributed by atoms with Gasteiger partial charge in [-0.25, -0.2) is 0 Å². The summed E-state index contributed by atoms with van der Waals surface area (Å²) in [6.45, 7) is 4.38. The molecule has 2 rings (SSSR count). The van der Waals surface area contributed by atoms with Crippen molar-refractivity contribution in [1.29, 1.82) is 0 Å². The van der Waals surface area contributed by atoms with Crippen LogP contribution >= 0.6 is 0 Å². The number of rotatable bonds is 2. The number of ether oxygens (including phenoxy) is 1. The van der Waals surface area contributed by atoms with Gasteiger partial charge in [0.15, 0.2) is 0 Å². The predicted molar refractivity (Wildman–Crippen MR) is 81.6 cm³/mol. The van der Waals surface area contributed by atoms with Crippen LogP contribution in [0.1, 0.15) is 13.8 Å². The van der Waals surface area contributed by atoms with Gasteiger partial charge in [-0.2, -0.15) is 0 Å². The molecule has 2 aliphatic rings. The zero-order valence-corrected chi connectivity index (χ0v) is 11.8. The summed E-state index contributed by atoms with van der Waals surface area (Å²) < 4.78 is 5.58. The van der Waals surface area contributed by atoms with Crippen LogP contribution in [0.5, 0.6) is 0 Å². The lowest BCUT2D eigenvalue weighted by Crippen LogP contribution is -1.96.